The molecule has 0 unspecified atom stereocenters. The Morgan fingerprint density at radius 2 is 2.05 bits per heavy atom. The number of nitrogens with zero attached hydrogens (tertiary/aromatic N) is 2. The molecule has 1 amide bonds. The Kier molecular flexibility index (Phi) is 7.51. The normalized spacial score (nSPS) is 12.3. The largest absolute Gasteiger partial charge is 0.445 e. The van der Waals surface area contributed by atoms with E-state index in [0.717, 1.165) is 5.69 Å². The van der Waals surface area contributed by atoms with Crippen LogP contribution in [0, 0.1) is 0 Å². The van der Waals surface area contributed by atoms with Crippen molar-refractivity contribution >= 4 is 69.7 Å². The molecule has 1 aromatic rings. The monoisotopic (exact) mass is 483 g/mol. The minimum atomic E-state index is -1.65. The first kappa shape index (κ1) is 20.1. The molecule has 0 aliphatic carbocycles. The first-order valence-electron chi connectivity index (χ1n) is 6.35. The van der Waals surface area contributed by atoms with Crippen LogP contribution in [0.2, 0.25) is 0 Å². The second-order valence-electron chi connectivity index (χ2n) is 5.52. The number of alkyl halides is 3. The van der Waals surface area contributed by atoms with Gasteiger partial charge in [0.2, 0.25) is 3.79 Å². The number of hydrogen-bond donors (Lipinski definition) is 1. The Hall–Kier alpha value is 0.0400. The van der Waals surface area contributed by atoms with Gasteiger partial charge in [0.15, 0.2) is 0 Å². The van der Waals surface area contributed by atoms with Crippen LogP contribution in [0.4, 0.5) is 10.6 Å². The van der Waals surface area contributed by atoms with Crippen LogP contribution in [0.3, 0.4) is 0 Å². The minimum absolute atomic E-state index is 0.158. The maximum atomic E-state index is 11.8. The van der Waals surface area contributed by atoms with Crippen molar-refractivity contribution < 1.29 is 12.6 Å². The predicted octanol–water partition coefficient (Wildman–Crippen LogP) is 4.47. The van der Waals surface area contributed by atoms with Gasteiger partial charge in [-0.25, -0.2) is 9.48 Å². The van der Waals surface area contributed by atoms with Crippen molar-refractivity contribution in [3.05, 3.63) is 11.8 Å². The van der Waals surface area contributed by atoms with Gasteiger partial charge in [-0.2, -0.15) is 5.10 Å². The van der Waals surface area contributed by atoms with Crippen LogP contribution < -0.4 is 5.32 Å². The lowest BCUT2D eigenvalue weighted by atomic mass is 9.92. The van der Waals surface area contributed by atoms with E-state index in [1.165, 1.54) is 0 Å². The number of ether oxygens (including phenoxy) is 1. The summed E-state index contributed by atoms with van der Waals surface area (Å²) in [4.78, 5) is 11.8. The summed E-state index contributed by atoms with van der Waals surface area (Å²) in [5, 5.41) is 7.06. The quantitative estimate of drug-likeness (QED) is 0.495. The van der Waals surface area contributed by atoms with Gasteiger partial charge < -0.3 is 7.80 Å². The summed E-state index contributed by atoms with van der Waals surface area (Å²) in [6.45, 7) is 6.67. The van der Waals surface area contributed by atoms with Gasteiger partial charge in [0, 0.05) is 11.5 Å². The lowest BCUT2D eigenvalue weighted by molar-refractivity contribution is 0.163. The number of aromatic nitrogens is 2. The summed E-state index contributed by atoms with van der Waals surface area (Å²) in [6, 6.07) is 1.78. The number of rotatable bonds is 5. The van der Waals surface area contributed by atoms with Crippen LogP contribution in [0.15, 0.2) is 6.07 Å². The Morgan fingerprint density at radius 1 is 1.41 bits per heavy atom. The van der Waals surface area contributed by atoms with Crippen LogP contribution in [-0.4, -0.2) is 32.9 Å². The highest BCUT2D eigenvalue weighted by molar-refractivity contribution is 14.1. The average Bonchev–Trinajstić information content (AvgIpc) is 2.76. The molecule has 0 aromatic carbocycles. The molecule has 0 atom stereocenters. The molecule has 1 N–H and O–H groups in total. The number of amides is 1. The summed E-state index contributed by atoms with van der Waals surface area (Å²) in [7, 11) is 0. The summed E-state index contributed by atoms with van der Waals surface area (Å²) >= 11 is 18.4. The third-order valence-corrected chi connectivity index (χ3v) is 3.29. The summed E-state index contributed by atoms with van der Waals surface area (Å²) < 4.78 is 9.84. The van der Waals surface area contributed by atoms with Crippen LogP contribution in [0.1, 0.15) is 26.5 Å². The van der Waals surface area contributed by atoms with Crippen molar-refractivity contribution in [2.75, 3.05) is 18.5 Å². The van der Waals surface area contributed by atoms with Crippen molar-refractivity contribution in [1.82, 2.24) is 9.78 Å². The zero-order valence-corrected chi connectivity index (χ0v) is 16.8. The molecule has 0 aliphatic rings. The summed E-state index contributed by atoms with van der Waals surface area (Å²) in [5.41, 5.74) is 0.673. The Bertz CT molecular complexity index is 512. The highest BCUT2D eigenvalue weighted by Gasteiger charge is 2.24. The number of carbonyl (C=O) groups excluding carboxylic acids is 1. The second-order valence-corrected chi connectivity index (χ2v) is 8.66. The fraction of sp³-hybridized carbons (Fsp3) is 0.667. The zero-order chi connectivity index (χ0) is 17.0. The smallest absolute Gasteiger partial charge is 0.412 e. The second kappa shape index (κ2) is 8.23. The molecule has 1 heterocycles. The Labute approximate surface area is 158 Å². The number of halogens is 4. The van der Waals surface area contributed by atoms with E-state index in [9.17, 15) is 4.79 Å². The van der Waals surface area contributed by atoms with E-state index >= 15 is 0 Å². The van der Waals surface area contributed by atoms with E-state index in [4.69, 9.17) is 42.6 Å². The lowest BCUT2D eigenvalue weighted by Crippen LogP contribution is -2.22. The van der Waals surface area contributed by atoms with Crippen molar-refractivity contribution in [3.63, 3.8) is 0 Å². The number of hydrogen-bond acceptors (Lipinski definition) is 4. The van der Waals surface area contributed by atoms with Crippen molar-refractivity contribution in [3.8, 4) is 0 Å². The minimum Gasteiger partial charge on any atom is -0.445 e. The van der Waals surface area contributed by atoms with Gasteiger partial charge >= 0.3 is 6.09 Å². The molecule has 1 aromatic heterocycles. The van der Waals surface area contributed by atoms with Gasteiger partial charge in [0.25, 0.3) is 0 Å². The van der Waals surface area contributed by atoms with Gasteiger partial charge in [0.1, 0.15) is 35.4 Å². The maximum Gasteiger partial charge on any atom is 0.412 e. The van der Waals surface area contributed by atoms with Gasteiger partial charge in [-0.3, -0.25) is 5.32 Å². The summed E-state index contributed by atoms with van der Waals surface area (Å²) in [6.07, 6.45) is -0.719. The van der Waals surface area contributed by atoms with Gasteiger partial charge in [-0.15, -0.1) is 0 Å². The van der Waals surface area contributed by atoms with Crippen molar-refractivity contribution in [2.24, 2.45) is 0 Å². The molecule has 0 aliphatic heterocycles. The highest BCUT2D eigenvalue weighted by Crippen LogP contribution is 2.27. The first-order chi connectivity index (χ1) is 10.0. The van der Waals surface area contributed by atoms with Crippen molar-refractivity contribution in [1.29, 1.82) is 0 Å². The first-order valence-corrected chi connectivity index (χ1v) is 8.37. The molecule has 22 heavy (non-hydrogen) atoms. The van der Waals surface area contributed by atoms with E-state index in [1.54, 1.807) is 33.8 Å². The van der Waals surface area contributed by atoms with Crippen LogP contribution in [0.25, 0.3) is 0 Å². The molecular weight excluding hydrogens is 467 g/mol. The molecule has 1 rings (SSSR count). The van der Waals surface area contributed by atoms with E-state index in [2.05, 4.69) is 10.4 Å². The lowest BCUT2D eigenvalue weighted by Gasteiger charge is -2.13. The standard InChI is InChI=1S/C12H17Cl3IN3O3/c1-11(2,3)8-6-9(19(18-8)4-5-22-16)17-10(20)21-7-12(13,14)15/h6H,4-5,7H2,1-3H3,(H,17,20). The van der Waals surface area contributed by atoms with E-state index in [1.807, 2.05) is 20.8 Å². The molecule has 0 fully saturated rings. The average molecular weight is 485 g/mol. The zero-order valence-electron chi connectivity index (χ0n) is 12.3. The van der Waals surface area contributed by atoms with Crippen LogP contribution in [-0.2, 0) is 19.8 Å². The topological polar surface area (TPSA) is 65.4 Å². The van der Waals surface area contributed by atoms with Crippen LogP contribution >= 0.6 is 57.8 Å². The van der Waals surface area contributed by atoms with Gasteiger partial charge in [-0.05, 0) is 0 Å². The fourth-order valence-corrected chi connectivity index (χ4v) is 1.82. The third kappa shape index (κ3) is 7.08. The maximum absolute atomic E-state index is 11.8. The number of anilines is 1. The number of nitrogens with one attached hydrogen (secondary N) is 1. The van der Waals surface area contributed by atoms with Crippen molar-refractivity contribution in [2.45, 2.75) is 36.5 Å². The molecule has 6 nitrogen and oxygen atoms in total. The molecule has 0 saturated carbocycles. The van der Waals surface area contributed by atoms with Gasteiger partial charge in [-0.1, -0.05) is 55.6 Å². The molecule has 126 valence electrons. The molecule has 10 heteroatoms. The predicted molar refractivity (Wildman–Crippen MR) is 96.2 cm³/mol. The van der Waals surface area contributed by atoms with Gasteiger partial charge in [0.05, 0.1) is 18.8 Å². The SMILES string of the molecule is CC(C)(C)c1cc(NC(=O)OCC(Cl)(Cl)Cl)n(CCOI)n1. The van der Waals surface area contributed by atoms with E-state index in [0.29, 0.717) is 19.0 Å². The third-order valence-electron chi connectivity index (χ3n) is 2.53. The Morgan fingerprint density at radius 3 is 2.55 bits per heavy atom. The fourth-order valence-electron chi connectivity index (χ4n) is 1.46. The van der Waals surface area contributed by atoms with E-state index in [-0.39, 0.29) is 12.0 Å². The molecule has 0 radical (unpaired) electrons. The Balaban J connectivity index is 2.82. The highest BCUT2D eigenvalue weighted by atomic mass is 127. The molecule has 0 saturated heterocycles. The molecular formula is C12H17Cl3IN3O3. The summed E-state index contributed by atoms with van der Waals surface area (Å²) in [5.74, 6) is 0.493. The molecule has 0 bridgehead atoms. The van der Waals surface area contributed by atoms with E-state index < -0.39 is 9.89 Å². The molecule has 0 spiro atoms. The van der Waals surface area contributed by atoms with Crippen LogP contribution in [0.5, 0.6) is 0 Å². The number of carbonyl (C=O) groups is 1.